The molecule has 2 heterocycles. The first-order chi connectivity index (χ1) is 17.6. The molecule has 0 aliphatic heterocycles. The fourth-order valence-electron chi connectivity index (χ4n) is 3.42. The molecule has 1 aromatic carbocycles. The number of allylic oxidation sites excluding steroid dienone is 4. The van der Waals surface area contributed by atoms with Gasteiger partial charge in [-0.3, -0.25) is 19.1 Å². The number of amides is 1. The molecule has 2 aromatic heterocycles. The molecular weight excluding hydrogens is 494 g/mol. The van der Waals surface area contributed by atoms with E-state index in [0.717, 1.165) is 11.3 Å². The van der Waals surface area contributed by atoms with E-state index in [1.165, 1.54) is 24.6 Å². The zero-order chi connectivity index (χ0) is 26.6. The molecule has 10 heteroatoms. The molecule has 0 saturated heterocycles. The van der Waals surface area contributed by atoms with Crippen LogP contribution < -0.4 is 20.9 Å². The third-order valence-corrected chi connectivity index (χ3v) is 5.87. The van der Waals surface area contributed by atoms with Crippen LogP contribution in [-0.4, -0.2) is 36.5 Å². The van der Waals surface area contributed by atoms with Gasteiger partial charge >= 0.3 is 0 Å². The van der Waals surface area contributed by atoms with E-state index in [4.69, 9.17) is 16.3 Å². The van der Waals surface area contributed by atoms with Gasteiger partial charge in [0, 0.05) is 11.4 Å². The molecule has 192 valence electrons. The predicted molar refractivity (Wildman–Crippen MR) is 144 cm³/mol. The van der Waals surface area contributed by atoms with Gasteiger partial charge in [-0.2, -0.15) is 0 Å². The number of anilines is 3. The number of nitrogens with one attached hydrogen (secondary N) is 2. The lowest BCUT2D eigenvalue weighted by molar-refractivity contribution is -0.130. The molecule has 1 unspecified atom stereocenters. The Morgan fingerprint density at radius 1 is 1.16 bits per heavy atom. The number of pyridine rings is 1. The molecule has 0 radical (unpaired) electrons. The van der Waals surface area contributed by atoms with E-state index in [1.807, 2.05) is 37.3 Å². The van der Waals surface area contributed by atoms with Crippen molar-refractivity contribution in [3.8, 4) is 11.5 Å². The van der Waals surface area contributed by atoms with Crippen molar-refractivity contribution in [1.29, 1.82) is 0 Å². The minimum absolute atomic E-state index is 0.0382. The van der Waals surface area contributed by atoms with Crippen LogP contribution in [0.25, 0.3) is 0 Å². The van der Waals surface area contributed by atoms with Crippen LogP contribution in [0.3, 0.4) is 0 Å². The summed E-state index contributed by atoms with van der Waals surface area (Å²) in [6.07, 6.45) is 9.26. The maximum atomic E-state index is 13.3. The molecule has 1 amide bonds. The SMILES string of the molecule is Cc1ccc(Oc2ccc(Nc3ncc(NC(=O)C(C)(C)O)c(=O)n3CC3=CCC(Cl)C=C3)cc2)cn1. The van der Waals surface area contributed by atoms with Crippen molar-refractivity contribution in [1.82, 2.24) is 14.5 Å². The number of benzene rings is 1. The van der Waals surface area contributed by atoms with Crippen molar-refractivity contribution in [3.63, 3.8) is 0 Å². The Kier molecular flexibility index (Phi) is 7.75. The van der Waals surface area contributed by atoms with E-state index >= 15 is 0 Å². The first-order valence-electron chi connectivity index (χ1n) is 11.7. The largest absolute Gasteiger partial charge is 0.456 e. The molecule has 3 aromatic rings. The second-order valence-electron chi connectivity index (χ2n) is 9.18. The molecule has 0 bridgehead atoms. The molecule has 1 aliphatic rings. The summed E-state index contributed by atoms with van der Waals surface area (Å²) >= 11 is 6.14. The van der Waals surface area contributed by atoms with Gasteiger partial charge in [-0.1, -0.05) is 18.2 Å². The molecule has 9 nitrogen and oxygen atoms in total. The zero-order valence-corrected chi connectivity index (χ0v) is 21.5. The van der Waals surface area contributed by atoms with E-state index in [2.05, 4.69) is 20.6 Å². The van der Waals surface area contributed by atoms with E-state index in [9.17, 15) is 14.7 Å². The van der Waals surface area contributed by atoms with Crippen molar-refractivity contribution in [2.75, 3.05) is 10.6 Å². The zero-order valence-electron chi connectivity index (χ0n) is 20.7. The van der Waals surface area contributed by atoms with Gasteiger partial charge in [0.2, 0.25) is 5.95 Å². The average Bonchev–Trinajstić information content (AvgIpc) is 2.86. The highest BCUT2D eigenvalue weighted by Crippen LogP contribution is 2.25. The number of nitrogens with zero attached hydrogens (tertiary/aromatic N) is 3. The highest BCUT2D eigenvalue weighted by molar-refractivity contribution is 6.22. The summed E-state index contributed by atoms with van der Waals surface area (Å²) in [5, 5.41) is 15.5. The lowest BCUT2D eigenvalue weighted by atomic mass is 10.1. The highest BCUT2D eigenvalue weighted by atomic mass is 35.5. The number of carbonyl (C=O) groups is 1. The summed E-state index contributed by atoms with van der Waals surface area (Å²) in [4.78, 5) is 34.2. The smallest absolute Gasteiger partial charge is 0.279 e. The van der Waals surface area contributed by atoms with E-state index in [0.29, 0.717) is 23.6 Å². The number of ether oxygens (including phenoxy) is 1. The summed E-state index contributed by atoms with van der Waals surface area (Å²) in [5.41, 5.74) is 0.296. The monoisotopic (exact) mass is 521 g/mol. The maximum absolute atomic E-state index is 13.3. The first-order valence-corrected chi connectivity index (χ1v) is 12.1. The van der Waals surface area contributed by atoms with Crippen LogP contribution in [0.1, 0.15) is 26.0 Å². The molecule has 0 fully saturated rings. The predicted octanol–water partition coefficient (Wildman–Crippen LogP) is 4.69. The van der Waals surface area contributed by atoms with Crippen molar-refractivity contribution >= 4 is 34.8 Å². The molecule has 4 rings (SSSR count). The van der Waals surface area contributed by atoms with Crippen LogP contribution in [0.2, 0.25) is 0 Å². The number of aliphatic hydroxyl groups is 1. The van der Waals surface area contributed by atoms with Crippen molar-refractivity contribution in [2.45, 2.75) is 44.7 Å². The number of hydrogen-bond acceptors (Lipinski definition) is 7. The second-order valence-corrected chi connectivity index (χ2v) is 9.74. The van der Waals surface area contributed by atoms with Crippen molar-refractivity contribution in [2.24, 2.45) is 0 Å². The number of aromatic nitrogens is 3. The average molecular weight is 522 g/mol. The van der Waals surface area contributed by atoms with Gasteiger partial charge in [0.25, 0.3) is 11.5 Å². The topological polar surface area (TPSA) is 118 Å². The first kappa shape index (κ1) is 26.1. The summed E-state index contributed by atoms with van der Waals surface area (Å²) in [7, 11) is 0. The molecule has 1 atom stereocenters. The molecule has 0 saturated carbocycles. The summed E-state index contributed by atoms with van der Waals surface area (Å²) < 4.78 is 7.25. The van der Waals surface area contributed by atoms with E-state index in [1.54, 1.807) is 30.5 Å². The Labute approximate surface area is 219 Å². The lowest BCUT2D eigenvalue weighted by Gasteiger charge is -2.19. The molecule has 1 aliphatic carbocycles. The van der Waals surface area contributed by atoms with Crippen LogP contribution in [0.5, 0.6) is 11.5 Å². The van der Waals surface area contributed by atoms with E-state index < -0.39 is 17.1 Å². The van der Waals surface area contributed by atoms with Gasteiger partial charge < -0.3 is 20.5 Å². The number of rotatable bonds is 8. The van der Waals surface area contributed by atoms with Gasteiger partial charge in [-0.15, -0.1) is 11.6 Å². The quantitative estimate of drug-likeness (QED) is 0.368. The minimum atomic E-state index is -1.66. The normalized spacial score (nSPS) is 15.2. The Hall–Kier alpha value is -3.95. The van der Waals surface area contributed by atoms with Crippen LogP contribution in [0, 0.1) is 6.92 Å². The van der Waals surface area contributed by atoms with Crippen LogP contribution >= 0.6 is 11.6 Å². The third-order valence-electron chi connectivity index (χ3n) is 5.55. The van der Waals surface area contributed by atoms with Crippen LogP contribution in [-0.2, 0) is 11.3 Å². The summed E-state index contributed by atoms with van der Waals surface area (Å²) in [5.74, 6) is 0.822. The number of halogens is 1. The second kappa shape index (κ2) is 11.0. The van der Waals surface area contributed by atoms with E-state index in [-0.39, 0.29) is 23.6 Å². The van der Waals surface area contributed by atoms with Gasteiger partial charge in [-0.25, -0.2) is 4.98 Å². The Bertz CT molecular complexity index is 1390. The van der Waals surface area contributed by atoms with Gasteiger partial charge in [0.05, 0.1) is 24.3 Å². The molecule has 37 heavy (non-hydrogen) atoms. The van der Waals surface area contributed by atoms with Crippen molar-refractivity contribution < 1.29 is 14.6 Å². The molecular formula is C27H28ClN5O4. The van der Waals surface area contributed by atoms with Gasteiger partial charge in [0.1, 0.15) is 22.8 Å². The summed E-state index contributed by atoms with van der Waals surface area (Å²) in [6, 6.07) is 10.9. The minimum Gasteiger partial charge on any atom is -0.456 e. The number of aryl methyl sites for hydroxylation is 1. The Morgan fingerprint density at radius 2 is 1.89 bits per heavy atom. The standard InChI is InChI=1S/C27H28ClN5O4/c1-17-4-11-22(14-29-17)37-21-12-9-20(10-13-21)31-26-30-15-23(32-25(35)27(2,3)36)24(34)33(26)16-18-5-7-19(28)8-6-18/h4-7,9-15,19,36H,8,16H2,1-3H3,(H,30,31)(H,32,35). The number of alkyl halides is 1. The highest BCUT2D eigenvalue weighted by Gasteiger charge is 2.25. The fourth-order valence-corrected chi connectivity index (χ4v) is 3.59. The van der Waals surface area contributed by atoms with Gasteiger partial charge in [-0.05, 0) is 69.2 Å². The maximum Gasteiger partial charge on any atom is 0.279 e. The molecule has 3 N–H and O–H groups in total. The fraction of sp³-hybridized carbons (Fsp3) is 0.259. The number of carbonyl (C=O) groups excluding carboxylic acids is 1. The molecule has 0 spiro atoms. The van der Waals surface area contributed by atoms with Crippen LogP contribution in [0.4, 0.5) is 17.3 Å². The third kappa shape index (κ3) is 6.84. The Balaban J connectivity index is 1.59. The van der Waals surface area contributed by atoms with Crippen molar-refractivity contribution in [3.05, 3.63) is 88.6 Å². The Morgan fingerprint density at radius 3 is 2.51 bits per heavy atom. The number of hydrogen-bond donors (Lipinski definition) is 3. The van der Waals surface area contributed by atoms with Gasteiger partial charge in [0.15, 0.2) is 0 Å². The lowest BCUT2D eigenvalue weighted by Crippen LogP contribution is -2.39. The summed E-state index contributed by atoms with van der Waals surface area (Å²) in [6.45, 7) is 4.80. The van der Waals surface area contributed by atoms with Crippen LogP contribution in [0.15, 0.2) is 77.4 Å².